The average Bonchev–Trinajstić information content (AvgIpc) is 2.64. The van der Waals surface area contributed by atoms with Gasteiger partial charge >= 0.3 is 5.97 Å². The maximum atomic E-state index is 12.5. The van der Waals surface area contributed by atoms with E-state index in [4.69, 9.17) is 4.74 Å². The van der Waals surface area contributed by atoms with E-state index in [2.05, 4.69) is 27.7 Å². The fourth-order valence-electron chi connectivity index (χ4n) is 4.15. The second-order valence-electron chi connectivity index (χ2n) is 6.98. The summed E-state index contributed by atoms with van der Waals surface area (Å²) in [6, 6.07) is 9.14. The van der Waals surface area contributed by atoms with Crippen molar-refractivity contribution in [3.8, 4) is 0 Å². The van der Waals surface area contributed by atoms with E-state index in [0.717, 1.165) is 25.7 Å². The maximum Gasteiger partial charge on any atom is 0.338 e. The van der Waals surface area contributed by atoms with Crippen molar-refractivity contribution in [3.05, 3.63) is 35.9 Å². The van der Waals surface area contributed by atoms with Gasteiger partial charge in [0.25, 0.3) is 0 Å². The lowest BCUT2D eigenvalue weighted by Gasteiger charge is -2.56. The highest BCUT2D eigenvalue weighted by Gasteiger charge is 2.52. The molecular formula is C20H31NO3. The average molecular weight is 333 g/mol. The standard InChI is InChI=1S/C20H31NO3/c1-5-19(6-2)14-17(15-20(7-3,8-4)21(19)23)24-18(22)16-12-10-9-11-13-16/h9-13,17,23H,5-8,14-15H2,1-4H3. The Morgan fingerprint density at radius 1 is 1.04 bits per heavy atom. The number of rotatable bonds is 6. The van der Waals surface area contributed by atoms with E-state index in [1.165, 1.54) is 0 Å². The Hall–Kier alpha value is -1.39. The highest BCUT2D eigenvalue weighted by atomic mass is 16.5. The van der Waals surface area contributed by atoms with Crippen molar-refractivity contribution < 1.29 is 14.7 Å². The predicted molar refractivity (Wildman–Crippen MR) is 95.1 cm³/mol. The molecule has 2 rings (SSSR count). The van der Waals surface area contributed by atoms with E-state index < -0.39 is 0 Å². The second-order valence-corrected chi connectivity index (χ2v) is 6.98. The van der Waals surface area contributed by atoms with E-state index in [-0.39, 0.29) is 23.2 Å². The zero-order valence-corrected chi connectivity index (χ0v) is 15.4. The molecule has 1 N–H and O–H groups in total. The van der Waals surface area contributed by atoms with Gasteiger partial charge in [0.2, 0.25) is 0 Å². The van der Waals surface area contributed by atoms with Gasteiger partial charge in [-0.1, -0.05) is 45.9 Å². The zero-order valence-electron chi connectivity index (χ0n) is 15.4. The summed E-state index contributed by atoms with van der Waals surface area (Å²) >= 11 is 0. The van der Waals surface area contributed by atoms with Crippen LogP contribution >= 0.6 is 0 Å². The fraction of sp³-hybridized carbons (Fsp3) is 0.650. The monoisotopic (exact) mass is 333 g/mol. The number of hydroxylamine groups is 2. The molecule has 0 spiro atoms. The molecule has 0 radical (unpaired) electrons. The number of ether oxygens (including phenoxy) is 1. The highest BCUT2D eigenvalue weighted by Crippen LogP contribution is 2.45. The molecule has 1 heterocycles. The first-order valence-electron chi connectivity index (χ1n) is 9.22. The van der Waals surface area contributed by atoms with Gasteiger partial charge in [0.05, 0.1) is 5.56 Å². The maximum absolute atomic E-state index is 12.5. The Labute approximate surface area is 145 Å². The van der Waals surface area contributed by atoms with Gasteiger partial charge in [0, 0.05) is 23.9 Å². The topological polar surface area (TPSA) is 49.8 Å². The van der Waals surface area contributed by atoms with Crippen LogP contribution in [-0.2, 0) is 4.74 Å². The van der Waals surface area contributed by atoms with Crippen LogP contribution < -0.4 is 0 Å². The number of nitrogens with zero attached hydrogens (tertiary/aromatic N) is 1. The van der Waals surface area contributed by atoms with Crippen molar-refractivity contribution in [2.24, 2.45) is 0 Å². The summed E-state index contributed by atoms with van der Waals surface area (Å²) in [7, 11) is 0. The normalized spacial score (nSPS) is 20.7. The summed E-state index contributed by atoms with van der Waals surface area (Å²) < 4.78 is 5.87. The Morgan fingerprint density at radius 2 is 1.50 bits per heavy atom. The van der Waals surface area contributed by atoms with E-state index in [0.29, 0.717) is 18.4 Å². The van der Waals surface area contributed by atoms with E-state index in [1.54, 1.807) is 17.2 Å². The first kappa shape index (κ1) is 18.9. The lowest BCUT2D eigenvalue weighted by Crippen LogP contribution is -2.64. The van der Waals surface area contributed by atoms with E-state index >= 15 is 0 Å². The van der Waals surface area contributed by atoms with Gasteiger partial charge in [-0.25, -0.2) is 4.79 Å². The highest BCUT2D eigenvalue weighted by molar-refractivity contribution is 5.89. The van der Waals surface area contributed by atoms with Gasteiger partial charge in [-0.3, -0.25) is 0 Å². The number of piperidine rings is 1. The van der Waals surface area contributed by atoms with Crippen molar-refractivity contribution in [2.75, 3.05) is 0 Å². The SMILES string of the molecule is CCC1(CC)CC(OC(=O)c2ccccc2)CC(CC)(CC)N1O. The zero-order chi connectivity index (χ0) is 17.8. The first-order chi connectivity index (χ1) is 11.5. The molecule has 4 heteroatoms. The van der Waals surface area contributed by atoms with Crippen molar-refractivity contribution in [1.82, 2.24) is 5.06 Å². The molecule has 134 valence electrons. The van der Waals surface area contributed by atoms with Gasteiger partial charge in [-0.15, -0.1) is 0 Å². The number of carbonyl (C=O) groups excluding carboxylic acids is 1. The predicted octanol–water partition coefficient (Wildman–Crippen LogP) is 4.81. The summed E-state index contributed by atoms with van der Waals surface area (Å²) in [5, 5.41) is 12.6. The smallest absolute Gasteiger partial charge is 0.338 e. The van der Waals surface area contributed by atoms with Gasteiger partial charge < -0.3 is 9.94 Å². The minimum absolute atomic E-state index is 0.166. The number of esters is 1. The molecule has 0 saturated carbocycles. The quantitative estimate of drug-likeness (QED) is 0.759. The van der Waals surface area contributed by atoms with Gasteiger partial charge in [0.1, 0.15) is 6.10 Å². The number of hydrogen-bond acceptors (Lipinski definition) is 4. The van der Waals surface area contributed by atoms with E-state index in [9.17, 15) is 10.0 Å². The molecule has 0 amide bonds. The van der Waals surface area contributed by atoms with E-state index in [1.807, 2.05) is 18.2 Å². The van der Waals surface area contributed by atoms with Crippen molar-refractivity contribution in [2.45, 2.75) is 83.4 Å². The minimum Gasteiger partial charge on any atom is -0.459 e. The second kappa shape index (κ2) is 7.66. The molecule has 4 nitrogen and oxygen atoms in total. The lowest BCUT2D eigenvalue weighted by atomic mass is 9.72. The minimum atomic E-state index is -0.327. The molecular weight excluding hydrogens is 302 g/mol. The van der Waals surface area contributed by atoms with Gasteiger partial charge in [-0.2, -0.15) is 5.06 Å². The number of hydrogen-bond donors (Lipinski definition) is 1. The van der Waals surface area contributed by atoms with Crippen molar-refractivity contribution >= 4 is 5.97 Å². The third kappa shape index (κ3) is 3.35. The molecule has 0 aromatic heterocycles. The summed E-state index contributed by atoms with van der Waals surface area (Å²) in [5.41, 5.74) is -0.0706. The van der Waals surface area contributed by atoms with Crippen LogP contribution in [-0.4, -0.2) is 33.4 Å². The summed E-state index contributed by atoms with van der Waals surface area (Å²) in [6.07, 6.45) is 4.53. The van der Waals surface area contributed by atoms with Crippen LogP contribution in [0.4, 0.5) is 0 Å². The lowest BCUT2D eigenvalue weighted by molar-refractivity contribution is -0.280. The summed E-state index contributed by atoms with van der Waals surface area (Å²) in [5.74, 6) is -0.269. The van der Waals surface area contributed by atoms with Crippen molar-refractivity contribution in [3.63, 3.8) is 0 Å². The van der Waals surface area contributed by atoms with Crippen LogP contribution in [0.3, 0.4) is 0 Å². The van der Waals surface area contributed by atoms with Gasteiger partial charge in [-0.05, 0) is 37.8 Å². The van der Waals surface area contributed by atoms with Crippen molar-refractivity contribution in [1.29, 1.82) is 0 Å². The first-order valence-corrected chi connectivity index (χ1v) is 9.22. The third-order valence-electron chi connectivity index (χ3n) is 6.03. The molecule has 0 unspecified atom stereocenters. The Morgan fingerprint density at radius 3 is 1.92 bits per heavy atom. The molecule has 24 heavy (non-hydrogen) atoms. The van der Waals surface area contributed by atoms with Crippen LogP contribution in [0, 0.1) is 0 Å². The Kier molecular flexibility index (Phi) is 6.05. The molecule has 1 aromatic rings. The summed E-state index contributed by atoms with van der Waals surface area (Å²) in [6.45, 7) is 8.41. The Bertz CT molecular complexity index is 513. The van der Waals surface area contributed by atoms with Crippen LogP contribution in [0.15, 0.2) is 30.3 Å². The molecule has 0 bridgehead atoms. The molecule has 1 fully saturated rings. The molecule has 0 atom stereocenters. The molecule has 1 aliphatic rings. The largest absolute Gasteiger partial charge is 0.459 e. The van der Waals surface area contributed by atoms with Crippen LogP contribution in [0.2, 0.25) is 0 Å². The molecule has 1 saturated heterocycles. The van der Waals surface area contributed by atoms with Crippen LogP contribution in [0.1, 0.15) is 76.6 Å². The number of carbonyl (C=O) groups is 1. The third-order valence-corrected chi connectivity index (χ3v) is 6.03. The van der Waals surface area contributed by atoms with Crippen LogP contribution in [0.25, 0.3) is 0 Å². The molecule has 0 aliphatic carbocycles. The molecule has 1 aliphatic heterocycles. The molecule has 1 aromatic carbocycles. The fourth-order valence-corrected chi connectivity index (χ4v) is 4.15. The summed E-state index contributed by atoms with van der Waals surface area (Å²) in [4.78, 5) is 12.5. The number of benzene rings is 1. The van der Waals surface area contributed by atoms with Gasteiger partial charge in [0.15, 0.2) is 0 Å². The van der Waals surface area contributed by atoms with Crippen LogP contribution in [0.5, 0.6) is 0 Å². The Balaban J connectivity index is 2.25.